The van der Waals surface area contributed by atoms with Crippen molar-refractivity contribution in [3.8, 4) is 0 Å². The van der Waals surface area contributed by atoms with E-state index in [1.54, 1.807) is 6.07 Å². The van der Waals surface area contributed by atoms with E-state index in [4.69, 9.17) is 5.73 Å². The van der Waals surface area contributed by atoms with Gasteiger partial charge in [0.2, 0.25) is 11.8 Å². The maximum Gasteiger partial charge on any atom is 0.262 e. The number of benzene rings is 2. The molecule has 41 heavy (non-hydrogen) atoms. The van der Waals surface area contributed by atoms with Gasteiger partial charge in [0.25, 0.3) is 11.8 Å². The molecular formula is C31H36N6O4. The molecule has 0 radical (unpaired) electrons. The number of nitrogen functional groups attached to an aromatic ring is 1. The molecule has 1 aliphatic carbocycles. The first-order chi connectivity index (χ1) is 19.8. The van der Waals surface area contributed by atoms with Crippen LogP contribution in [0.3, 0.4) is 0 Å². The van der Waals surface area contributed by atoms with E-state index in [0.29, 0.717) is 22.6 Å². The number of hydrogen-bond donors (Lipinski definition) is 2. The SMILES string of the molecule is Nc1ccc(N2CCN(C3CC4(CCN(c5ccc6c(c5)C(=O)N(C5CCC(=O)NC5=O)C6=O)CC4)C3)CC2)cc1. The lowest BCUT2D eigenvalue weighted by atomic mass is 9.60. The summed E-state index contributed by atoms with van der Waals surface area (Å²) in [5.41, 5.74) is 9.92. The molecule has 3 N–H and O–H groups in total. The fourth-order valence-electron chi connectivity index (χ4n) is 7.53. The number of nitrogens with two attached hydrogens (primary N) is 1. The lowest BCUT2D eigenvalue weighted by Gasteiger charge is -2.56. The Balaban J connectivity index is 0.934. The van der Waals surface area contributed by atoms with Crippen LogP contribution < -0.4 is 20.9 Å². The van der Waals surface area contributed by atoms with Crippen molar-refractivity contribution < 1.29 is 19.2 Å². The number of hydrogen-bond acceptors (Lipinski definition) is 8. The summed E-state index contributed by atoms with van der Waals surface area (Å²) in [6.45, 7) is 6.12. The number of fused-ring (bicyclic) bond motifs is 1. The Hall–Kier alpha value is -3.92. The van der Waals surface area contributed by atoms with Gasteiger partial charge in [-0.05, 0) is 80.0 Å². The predicted octanol–water partition coefficient (Wildman–Crippen LogP) is 2.24. The number of nitrogens with zero attached hydrogens (tertiary/aromatic N) is 4. The maximum absolute atomic E-state index is 13.2. The Bertz CT molecular complexity index is 1400. The standard InChI is InChI=1S/C31H36N6O4/c32-20-1-3-21(4-2-20)35-13-15-36(16-14-35)23-18-31(19-23)9-11-34(12-10-31)22-5-6-24-25(17-22)30(41)37(29(24)40)26-7-8-27(38)33-28(26)39/h1-6,17,23,26H,7-16,18-19,32H2,(H,33,38,39). The van der Waals surface area contributed by atoms with E-state index in [2.05, 4.69) is 32.1 Å². The van der Waals surface area contributed by atoms with E-state index in [-0.39, 0.29) is 18.7 Å². The van der Waals surface area contributed by atoms with E-state index in [0.717, 1.165) is 68.4 Å². The zero-order valence-electron chi connectivity index (χ0n) is 23.2. The van der Waals surface area contributed by atoms with Crippen LogP contribution in [0.15, 0.2) is 42.5 Å². The van der Waals surface area contributed by atoms with Crippen LogP contribution in [0, 0.1) is 5.41 Å². The Morgan fingerprint density at radius 1 is 0.756 bits per heavy atom. The summed E-state index contributed by atoms with van der Waals surface area (Å²) in [7, 11) is 0. The average molecular weight is 557 g/mol. The molecule has 10 heteroatoms. The van der Waals surface area contributed by atoms with Crippen molar-refractivity contribution >= 4 is 40.7 Å². The van der Waals surface area contributed by atoms with Crippen LogP contribution in [0.1, 0.15) is 59.2 Å². The minimum Gasteiger partial charge on any atom is -0.399 e. The van der Waals surface area contributed by atoms with Gasteiger partial charge in [-0.3, -0.25) is 34.3 Å². The number of piperidine rings is 2. The summed E-state index contributed by atoms with van der Waals surface area (Å²) in [6.07, 6.45) is 5.03. The zero-order chi connectivity index (χ0) is 28.3. The summed E-state index contributed by atoms with van der Waals surface area (Å²) in [5, 5.41) is 2.25. The number of carbonyl (C=O) groups excluding carboxylic acids is 4. The van der Waals surface area contributed by atoms with Gasteiger partial charge in [0.15, 0.2) is 0 Å². The molecule has 4 fully saturated rings. The van der Waals surface area contributed by atoms with Crippen LogP contribution in [0.4, 0.5) is 17.1 Å². The van der Waals surface area contributed by atoms with Crippen LogP contribution in [0.2, 0.25) is 0 Å². The van der Waals surface area contributed by atoms with Gasteiger partial charge in [-0.15, -0.1) is 0 Å². The highest BCUT2D eigenvalue weighted by Gasteiger charge is 2.49. The number of piperazine rings is 1. The van der Waals surface area contributed by atoms with Gasteiger partial charge in [-0.2, -0.15) is 0 Å². The molecule has 7 rings (SSSR count). The molecule has 1 atom stereocenters. The number of rotatable bonds is 4. The van der Waals surface area contributed by atoms with Gasteiger partial charge in [-0.25, -0.2) is 0 Å². The molecule has 1 unspecified atom stereocenters. The second-order valence-electron chi connectivity index (χ2n) is 12.3. The second-order valence-corrected chi connectivity index (χ2v) is 12.3. The number of anilines is 3. The molecule has 2 aromatic rings. The van der Waals surface area contributed by atoms with E-state index in [9.17, 15) is 19.2 Å². The average Bonchev–Trinajstić information content (AvgIpc) is 3.21. The fourth-order valence-corrected chi connectivity index (χ4v) is 7.53. The summed E-state index contributed by atoms with van der Waals surface area (Å²) in [4.78, 5) is 58.6. The first kappa shape index (κ1) is 26.0. The van der Waals surface area contributed by atoms with Crippen molar-refractivity contribution in [2.75, 3.05) is 54.8 Å². The molecule has 0 aromatic heterocycles. The van der Waals surface area contributed by atoms with Gasteiger partial charge in [-0.1, -0.05) is 0 Å². The number of imide groups is 2. The highest BCUT2D eigenvalue weighted by Crippen LogP contribution is 2.51. The first-order valence-corrected chi connectivity index (χ1v) is 14.8. The van der Waals surface area contributed by atoms with Gasteiger partial charge in [0.05, 0.1) is 11.1 Å². The molecule has 1 spiro atoms. The van der Waals surface area contributed by atoms with Gasteiger partial charge in [0.1, 0.15) is 6.04 Å². The monoisotopic (exact) mass is 556 g/mol. The highest BCUT2D eigenvalue weighted by atomic mass is 16.2. The minimum absolute atomic E-state index is 0.116. The van der Waals surface area contributed by atoms with Gasteiger partial charge in [0, 0.05) is 68.8 Å². The van der Waals surface area contributed by atoms with Gasteiger partial charge >= 0.3 is 0 Å². The van der Waals surface area contributed by atoms with Crippen molar-refractivity contribution in [2.45, 2.75) is 50.6 Å². The highest BCUT2D eigenvalue weighted by molar-refractivity contribution is 6.23. The number of amides is 4. The largest absolute Gasteiger partial charge is 0.399 e. The number of nitrogens with one attached hydrogen (secondary N) is 1. The Morgan fingerprint density at radius 3 is 2.07 bits per heavy atom. The van der Waals surface area contributed by atoms with E-state index in [1.165, 1.54) is 18.5 Å². The Morgan fingerprint density at radius 2 is 1.39 bits per heavy atom. The zero-order valence-corrected chi connectivity index (χ0v) is 23.2. The molecule has 4 amide bonds. The lowest BCUT2D eigenvalue weighted by molar-refractivity contribution is -0.136. The van der Waals surface area contributed by atoms with Crippen LogP contribution in [0.5, 0.6) is 0 Å². The number of carbonyl (C=O) groups is 4. The molecule has 0 bridgehead atoms. The van der Waals surface area contributed by atoms with Crippen LogP contribution in [0.25, 0.3) is 0 Å². The van der Waals surface area contributed by atoms with Gasteiger partial charge < -0.3 is 15.5 Å². The molecular weight excluding hydrogens is 520 g/mol. The van der Waals surface area contributed by atoms with Crippen molar-refractivity contribution in [2.24, 2.45) is 5.41 Å². The second kappa shape index (κ2) is 9.87. The summed E-state index contributed by atoms with van der Waals surface area (Å²) in [6, 6.07) is 13.3. The summed E-state index contributed by atoms with van der Waals surface area (Å²) in [5.74, 6) is -1.87. The van der Waals surface area contributed by atoms with Crippen LogP contribution in [-0.2, 0) is 9.59 Å². The quantitative estimate of drug-likeness (QED) is 0.435. The molecule has 1 saturated carbocycles. The molecule has 10 nitrogen and oxygen atoms in total. The third-order valence-corrected chi connectivity index (χ3v) is 10.0. The minimum atomic E-state index is -0.939. The Labute approximate surface area is 239 Å². The van der Waals surface area contributed by atoms with Crippen LogP contribution in [-0.4, -0.2) is 84.8 Å². The van der Waals surface area contributed by atoms with E-state index < -0.39 is 23.8 Å². The predicted molar refractivity (Wildman–Crippen MR) is 155 cm³/mol. The van der Waals surface area contributed by atoms with Crippen molar-refractivity contribution in [3.63, 3.8) is 0 Å². The fraction of sp³-hybridized carbons (Fsp3) is 0.484. The molecule has 214 valence electrons. The molecule has 4 aliphatic heterocycles. The Kier molecular flexibility index (Phi) is 6.26. The molecule has 4 heterocycles. The topological polar surface area (TPSA) is 119 Å². The van der Waals surface area contributed by atoms with E-state index >= 15 is 0 Å². The lowest BCUT2D eigenvalue weighted by Crippen LogP contribution is -2.59. The first-order valence-electron chi connectivity index (χ1n) is 14.8. The third-order valence-electron chi connectivity index (χ3n) is 10.0. The molecule has 5 aliphatic rings. The van der Waals surface area contributed by atoms with Crippen molar-refractivity contribution in [3.05, 3.63) is 53.6 Å². The third kappa shape index (κ3) is 4.54. The summed E-state index contributed by atoms with van der Waals surface area (Å²) >= 11 is 0. The van der Waals surface area contributed by atoms with E-state index in [1.807, 2.05) is 24.3 Å². The maximum atomic E-state index is 13.2. The smallest absolute Gasteiger partial charge is 0.262 e. The molecule has 3 saturated heterocycles. The normalized spacial score (nSPS) is 25.0. The van der Waals surface area contributed by atoms with Crippen LogP contribution >= 0.6 is 0 Å². The van der Waals surface area contributed by atoms with Crippen molar-refractivity contribution in [1.29, 1.82) is 0 Å². The van der Waals surface area contributed by atoms with Crippen molar-refractivity contribution in [1.82, 2.24) is 15.1 Å². The molecule has 2 aromatic carbocycles. The summed E-state index contributed by atoms with van der Waals surface area (Å²) < 4.78 is 0.